The summed E-state index contributed by atoms with van der Waals surface area (Å²) in [4.78, 5) is 30.7. The maximum atomic E-state index is 11.7. The molecule has 1 aromatic rings. The molecule has 1 heterocycles. The number of imidazole rings is 1. The van der Waals surface area contributed by atoms with Crippen LogP contribution in [0.2, 0.25) is 0 Å². The first-order valence-corrected chi connectivity index (χ1v) is 5.68. The van der Waals surface area contributed by atoms with Crippen molar-refractivity contribution in [3.63, 3.8) is 0 Å². The van der Waals surface area contributed by atoms with Gasteiger partial charge < -0.3 is 20.3 Å². The Morgan fingerprint density at radius 3 is 2.78 bits per heavy atom. The Balaban J connectivity index is 2.51. The average Bonchev–Trinajstić information content (AvgIpc) is 2.77. The molecule has 0 aliphatic rings. The van der Waals surface area contributed by atoms with Crippen LogP contribution in [0.15, 0.2) is 6.33 Å². The summed E-state index contributed by atoms with van der Waals surface area (Å²) in [6, 6.07) is 0.391. The number of amides is 1. The van der Waals surface area contributed by atoms with Gasteiger partial charge in [-0.25, -0.2) is 9.78 Å². The minimum Gasteiger partial charge on any atom is -0.477 e. The molecule has 0 saturated heterocycles. The van der Waals surface area contributed by atoms with E-state index in [2.05, 4.69) is 34.0 Å². The number of rotatable bonds is 6. The number of carboxylic acid groups (broad SMARTS) is 1. The Morgan fingerprint density at radius 1 is 1.56 bits per heavy atom. The van der Waals surface area contributed by atoms with E-state index in [1.807, 2.05) is 7.05 Å². The molecule has 1 rings (SSSR count). The molecule has 0 aromatic carbocycles. The van der Waals surface area contributed by atoms with Gasteiger partial charge in [0.05, 0.1) is 6.33 Å². The summed E-state index contributed by atoms with van der Waals surface area (Å²) in [7, 11) is 1.95. The van der Waals surface area contributed by atoms with E-state index >= 15 is 0 Å². The fourth-order valence-corrected chi connectivity index (χ4v) is 1.32. The molecular weight excluding hydrogens is 236 g/mol. The SMILES string of the molecule is CC(C)N(C)CCNC(=O)c1nc[nH]c1C(=O)O. The number of aromatic carboxylic acids is 1. The molecular formula is C11H18N4O3. The maximum Gasteiger partial charge on any atom is 0.354 e. The van der Waals surface area contributed by atoms with E-state index in [0.29, 0.717) is 19.1 Å². The van der Waals surface area contributed by atoms with Crippen LogP contribution in [-0.4, -0.2) is 58.0 Å². The van der Waals surface area contributed by atoms with Gasteiger partial charge in [-0.3, -0.25) is 4.79 Å². The first kappa shape index (κ1) is 14.2. The van der Waals surface area contributed by atoms with Crippen LogP contribution in [0.1, 0.15) is 34.8 Å². The minimum atomic E-state index is -1.20. The smallest absolute Gasteiger partial charge is 0.354 e. The van der Waals surface area contributed by atoms with Gasteiger partial charge in [0.15, 0.2) is 11.4 Å². The molecule has 1 amide bonds. The molecule has 0 fully saturated rings. The zero-order chi connectivity index (χ0) is 13.7. The topological polar surface area (TPSA) is 98.3 Å². The number of hydrogen-bond acceptors (Lipinski definition) is 4. The Hall–Kier alpha value is -1.89. The van der Waals surface area contributed by atoms with Crippen molar-refractivity contribution in [2.45, 2.75) is 19.9 Å². The van der Waals surface area contributed by atoms with Crippen molar-refractivity contribution in [3.05, 3.63) is 17.7 Å². The third-order valence-electron chi connectivity index (χ3n) is 2.70. The summed E-state index contributed by atoms with van der Waals surface area (Å²) in [5.41, 5.74) is -0.278. The quantitative estimate of drug-likeness (QED) is 0.672. The van der Waals surface area contributed by atoms with Gasteiger partial charge in [-0.05, 0) is 20.9 Å². The largest absolute Gasteiger partial charge is 0.477 e. The van der Waals surface area contributed by atoms with Crippen molar-refractivity contribution in [2.75, 3.05) is 20.1 Å². The van der Waals surface area contributed by atoms with Gasteiger partial charge in [0, 0.05) is 19.1 Å². The first-order chi connectivity index (χ1) is 8.43. The number of carboxylic acids is 1. The van der Waals surface area contributed by atoms with Crippen molar-refractivity contribution < 1.29 is 14.7 Å². The van der Waals surface area contributed by atoms with E-state index in [4.69, 9.17) is 5.11 Å². The third kappa shape index (κ3) is 3.56. The van der Waals surface area contributed by atoms with Crippen LogP contribution >= 0.6 is 0 Å². The number of aromatic amines is 1. The Morgan fingerprint density at radius 2 is 2.22 bits per heavy atom. The number of aromatic nitrogens is 2. The molecule has 100 valence electrons. The van der Waals surface area contributed by atoms with Crippen LogP contribution in [0.3, 0.4) is 0 Å². The summed E-state index contributed by atoms with van der Waals surface area (Å²) in [6.07, 6.45) is 1.19. The second-order valence-electron chi connectivity index (χ2n) is 4.26. The zero-order valence-electron chi connectivity index (χ0n) is 10.7. The van der Waals surface area contributed by atoms with E-state index in [9.17, 15) is 9.59 Å². The summed E-state index contributed by atoms with van der Waals surface area (Å²) in [5, 5.41) is 11.5. The molecule has 7 nitrogen and oxygen atoms in total. The van der Waals surface area contributed by atoms with Crippen LogP contribution in [0, 0.1) is 0 Å². The summed E-state index contributed by atoms with van der Waals surface area (Å²) in [5.74, 6) is -1.68. The summed E-state index contributed by atoms with van der Waals surface area (Å²) < 4.78 is 0. The van der Waals surface area contributed by atoms with Gasteiger partial charge in [-0.15, -0.1) is 0 Å². The average molecular weight is 254 g/mol. The van der Waals surface area contributed by atoms with Crippen LogP contribution in [0.25, 0.3) is 0 Å². The lowest BCUT2D eigenvalue weighted by Crippen LogP contribution is -2.36. The van der Waals surface area contributed by atoms with E-state index in [1.165, 1.54) is 6.33 Å². The number of likely N-dealkylation sites (N-methyl/N-ethyl adjacent to an activating group) is 1. The first-order valence-electron chi connectivity index (χ1n) is 5.68. The number of nitrogens with one attached hydrogen (secondary N) is 2. The van der Waals surface area contributed by atoms with Gasteiger partial charge in [-0.2, -0.15) is 0 Å². The predicted molar refractivity (Wildman–Crippen MR) is 65.6 cm³/mol. The van der Waals surface area contributed by atoms with Crippen molar-refractivity contribution in [1.29, 1.82) is 0 Å². The normalized spacial score (nSPS) is 10.9. The molecule has 0 atom stereocenters. The van der Waals surface area contributed by atoms with Gasteiger partial charge in [0.1, 0.15) is 0 Å². The third-order valence-corrected chi connectivity index (χ3v) is 2.70. The number of H-pyrrole nitrogens is 1. The van der Waals surface area contributed by atoms with Crippen LogP contribution < -0.4 is 5.32 Å². The van der Waals surface area contributed by atoms with Crippen LogP contribution in [0.4, 0.5) is 0 Å². The lowest BCUT2D eigenvalue weighted by atomic mass is 10.3. The van der Waals surface area contributed by atoms with E-state index in [-0.39, 0.29) is 11.4 Å². The highest BCUT2D eigenvalue weighted by Crippen LogP contribution is 2.02. The number of hydrogen-bond donors (Lipinski definition) is 3. The summed E-state index contributed by atoms with van der Waals surface area (Å²) in [6.45, 7) is 5.24. The molecule has 0 aliphatic heterocycles. The highest BCUT2D eigenvalue weighted by atomic mass is 16.4. The second-order valence-corrected chi connectivity index (χ2v) is 4.26. The molecule has 7 heteroatoms. The van der Waals surface area contributed by atoms with Gasteiger partial charge >= 0.3 is 5.97 Å². The lowest BCUT2D eigenvalue weighted by molar-refractivity contribution is 0.0685. The molecule has 3 N–H and O–H groups in total. The molecule has 0 spiro atoms. The zero-order valence-corrected chi connectivity index (χ0v) is 10.7. The fraction of sp³-hybridized carbons (Fsp3) is 0.545. The highest BCUT2D eigenvalue weighted by molar-refractivity contribution is 6.02. The molecule has 0 bridgehead atoms. The van der Waals surface area contributed by atoms with Crippen molar-refractivity contribution in [2.24, 2.45) is 0 Å². The minimum absolute atomic E-state index is 0.0882. The maximum absolute atomic E-state index is 11.7. The van der Waals surface area contributed by atoms with E-state index in [1.54, 1.807) is 0 Å². The number of carbonyl (C=O) groups excluding carboxylic acids is 1. The van der Waals surface area contributed by atoms with Crippen molar-refractivity contribution >= 4 is 11.9 Å². The second kappa shape index (κ2) is 6.15. The predicted octanol–water partition coefficient (Wildman–Crippen LogP) is 0.178. The van der Waals surface area contributed by atoms with Gasteiger partial charge in [0.25, 0.3) is 5.91 Å². The van der Waals surface area contributed by atoms with Gasteiger partial charge in [0.2, 0.25) is 0 Å². The highest BCUT2D eigenvalue weighted by Gasteiger charge is 2.19. The van der Waals surface area contributed by atoms with Gasteiger partial charge in [-0.1, -0.05) is 0 Å². The Kier molecular flexibility index (Phi) is 4.85. The summed E-state index contributed by atoms with van der Waals surface area (Å²) >= 11 is 0. The van der Waals surface area contributed by atoms with E-state index < -0.39 is 11.9 Å². The monoisotopic (exact) mass is 254 g/mol. The van der Waals surface area contributed by atoms with Crippen LogP contribution in [-0.2, 0) is 0 Å². The lowest BCUT2D eigenvalue weighted by Gasteiger charge is -2.20. The standard InChI is InChI=1S/C11H18N4O3/c1-7(2)15(3)5-4-12-10(16)8-9(11(17)18)14-6-13-8/h6-7H,4-5H2,1-3H3,(H,12,16)(H,13,14)(H,17,18). The molecule has 0 aliphatic carbocycles. The molecule has 0 unspecified atom stereocenters. The molecule has 0 radical (unpaired) electrons. The Bertz CT molecular complexity index is 428. The number of carbonyl (C=O) groups is 2. The van der Waals surface area contributed by atoms with Crippen molar-refractivity contribution in [3.8, 4) is 0 Å². The fourth-order valence-electron chi connectivity index (χ4n) is 1.32. The molecule has 1 aromatic heterocycles. The van der Waals surface area contributed by atoms with Crippen LogP contribution in [0.5, 0.6) is 0 Å². The number of nitrogens with zero attached hydrogens (tertiary/aromatic N) is 2. The Labute approximate surface area is 105 Å². The van der Waals surface area contributed by atoms with E-state index in [0.717, 1.165) is 0 Å². The molecule has 0 saturated carbocycles. The molecule has 18 heavy (non-hydrogen) atoms. The van der Waals surface area contributed by atoms with Crippen molar-refractivity contribution in [1.82, 2.24) is 20.2 Å².